The van der Waals surface area contributed by atoms with E-state index in [0.717, 1.165) is 28.0 Å². The standard InChI is InChI=1S/C18H19N5O2/c1-10-7-14(5-6-16(10)20-12(3)24)21-18(25)13-8-15-11(2)22-23(4)17(15)19-9-13/h5-9H,1-4H3,(H,20,24)(H,21,25). The van der Waals surface area contributed by atoms with Gasteiger partial charge in [0.05, 0.1) is 11.3 Å². The van der Waals surface area contributed by atoms with Crippen molar-refractivity contribution in [3.8, 4) is 0 Å². The summed E-state index contributed by atoms with van der Waals surface area (Å²) in [6.45, 7) is 5.21. The van der Waals surface area contributed by atoms with Crippen molar-refractivity contribution < 1.29 is 9.59 Å². The number of nitrogens with one attached hydrogen (secondary N) is 2. The summed E-state index contributed by atoms with van der Waals surface area (Å²) < 4.78 is 1.69. The first kappa shape index (κ1) is 16.6. The number of carbonyl (C=O) groups excluding carboxylic acids is 2. The van der Waals surface area contributed by atoms with Crippen molar-refractivity contribution in [2.75, 3.05) is 10.6 Å². The Morgan fingerprint density at radius 2 is 1.88 bits per heavy atom. The molecule has 0 radical (unpaired) electrons. The fraction of sp³-hybridized carbons (Fsp3) is 0.222. The van der Waals surface area contributed by atoms with E-state index in [9.17, 15) is 9.59 Å². The molecule has 2 heterocycles. The maximum Gasteiger partial charge on any atom is 0.257 e. The molecular weight excluding hydrogens is 318 g/mol. The molecule has 0 fully saturated rings. The van der Waals surface area contributed by atoms with Gasteiger partial charge in [0, 0.05) is 36.9 Å². The third kappa shape index (κ3) is 3.35. The smallest absolute Gasteiger partial charge is 0.257 e. The van der Waals surface area contributed by atoms with Gasteiger partial charge in [-0.05, 0) is 43.7 Å². The van der Waals surface area contributed by atoms with Crippen molar-refractivity contribution in [1.82, 2.24) is 14.8 Å². The highest BCUT2D eigenvalue weighted by atomic mass is 16.2. The van der Waals surface area contributed by atoms with Crippen LogP contribution in [0.4, 0.5) is 11.4 Å². The van der Waals surface area contributed by atoms with E-state index >= 15 is 0 Å². The molecule has 0 spiro atoms. The SMILES string of the molecule is CC(=O)Nc1ccc(NC(=O)c2cnc3c(c2)c(C)nn3C)cc1C. The molecule has 0 atom stereocenters. The third-order valence-corrected chi connectivity index (χ3v) is 3.92. The van der Waals surface area contributed by atoms with Crippen LogP contribution in [0.25, 0.3) is 11.0 Å². The average molecular weight is 337 g/mol. The molecular formula is C18H19N5O2. The zero-order chi connectivity index (χ0) is 18.1. The Kier molecular flexibility index (Phi) is 4.22. The summed E-state index contributed by atoms with van der Waals surface area (Å²) in [5, 5.41) is 10.8. The summed E-state index contributed by atoms with van der Waals surface area (Å²) in [6.07, 6.45) is 1.54. The average Bonchev–Trinajstić information content (AvgIpc) is 2.84. The van der Waals surface area contributed by atoms with E-state index in [1.54, 1.807) is 22.9 Å². The van der Waals surface area contributed by atoms with E-state index in [0.29, 0.717) is 11.3 Å². The molecule has 0 saturated carbocycles. The summed E-state index contributed by atoms with van der Waals surface area (Å²) >= 11 is 0. The minimum Gasteiger partial charge on any atom is -0.326 e. The molecule has 128 valence electrons. The fourth-order valence-corrected chi connectivity index (χ4v) is 2.71. The Morgan fingerprint density at radius 1 is 1.12 bits per heavy atom. The van der Waals surface area contributed by atoms with Crippen LogP contribution in [0.3, 0.4) is 0 Å². The first-order chi connectivity index (χ1) is 11.8. The van der Waals surface area contributed by atoms with Crippen LogP contribution < -0.4 is 10.6 Å². The Bertz CT molecular complexity index is 991. The van der Waals surface area contributed by atoms with Gasteiger partial charge in [0.1, 0.15) is 0 Å². The summed E-state index contributed by atoms with van der Waals surface area (Å²) in [4.78, 5) is 28.0. The minimum absolute atomic E-state index is 0.133. The molecule has 3 rings (SSSR count). The Morgan fingerprint density at radius 3 is 2.56 bits per heavy atom. The molecule has 2 N–H and O–H groups in total. The van der Waals surface area contributed by atoms with Crippen LogP contribution >= 0.6 is 0 Å². The lowest BCUT2D eigenvalue weighted by atomic mass is 10.1. The number of anilines is 2. The number of pyridine rings is 1. The number of benzene rings is 1. The van der Waals surface area contributed by atoms with E-state index in [4.69, 9.17) is 0 Å². The van der Waals surface area contributed by atoms with Crippen LogP contribution in [-0.2, 0) is 11.8 Å². The van der Waals surface area contributed by atoms with E-state index in [1.807, 2.05) is 27.0 Å². The fourth-order valence-electron chi connectivity index (χ4n) is 2.71. The zero-order valence-corrected chi connectivity index (χ0v) is 14.5. The highest BCUT2D eigenvalue weighted by Crippen LogP contribution is 2.21. The van der Waals surface area contributed by atoms with Crippen LogP contribution in [0, 0.1) is 13.8 Å². The largest absolute Gasteiger partial charge is 0.326 e. The lowest BCUT2D eigenvalue weighted by Gasteiger charge is -2.10. The van der Waals surface area contributed by atoms with Gasteiger partial charge >= 0.3 is 0 Å². The molecule has 2 aromatic heterocycles. The van der Waals surface area contributed by atoms with Crippen molar-refractivity contribution in [1.29, 1.82) is 0 Å². The maximum atomic E-state index is 12.5. The van der Waals surface area contributed by atoms with E-state index in [-0.39, 0.29) is 11.8 Å². The number of amides is 2. The topological polar surface area (TPSA) is 88.9 Å². The molecule has 3 aromatic rings. The number of hydrogen-bond acceptors (Lipinski definition) is 4. The molecule has 0 aliphatic rings. The third-order valence-electron chi connectivity index (χ3n) is 3.92. The number of rotatable bonds is 3. The summed E-state index contributed by atoms with van der Waals surface area (Å²) in [6, 6.07) is 7.11. The first-order valence-corrected chi connectivity index (χ1v) is 7.84. The predicted octanol–water partition coefficient (Wildman–Crippen LogP) is 2.80. The molecule has 25 heavy (non-hydrogen) atoms. The van der Waals surface area contributed by atoms with Crippen LogP contribution in [0.1, 0.15) is 28.5 Å². The molecule has 0 saturated heterocycles. The van der Waals surface area contributed by atoms with Crippen molar-refractivity contribution in [2.24, 2.45) is 7.05 Å². The Labute approximate surface area is 145 Å². The summed E-state index contributed by atoms with van der Waals surface area (Å²) in [7, 11) is 1.82. The van der Waals surface area contributed by atoms with Gasteiger partial charge in [-0.15, -0.1) is 0 Å². The Balaban J connectivity index is 1.83. The molecule has 1 aromatic carbocycles. The molecule has 0 unspecified atom stereocenters. The van der Waals surface area contributed by atoms with Gasteiger partial charge in [0.15, 0.2) is 5.65 Å². The van der Waals surface area contributed by atoms with Gasteiger partial charge in [-0.3, -0.25) is 14.3 Å². The Hall–Kier alpha value is -3.22. The second kappa shape index (κ2) is 6.35. The summed E-state index contributed by atoms with van der Waals surface area (Å²) in [5.41, 5.74) is 4.27. The van der Waals surface area contributed by atoms with Gasteiger partial charge < -0.3 is 10.6 Å². The van der Waals surface area contributed by atoms with Crippen molar-refractivity contribution in [3.63, 3.8) is 0 Å². The van der Waals surface area contributed by atoms with Gasteiger partial charge in [0.2, 0.25) is 5.91 Å². The monoisotopic (exact) mass is 337 g/mol. The van der Waals surface area contributed by atoms with E-state index in [2.05, 4.69) is 20.7 Å². The minimum atomic E-state index is -0.246. The first-order valence-electron chi connectivity index (χ1n) is 7.84. The molecule has 0 bridgehead atoms. The van der Waals surface area contributed by atoms with Crippen LogP contribution in [-0.4, -0.2) is 26.6 Å². The summed E-state index contributed by atoms with van der Waals surface area (Å²) in [5.74, 6) is -0.379. The van der Waals surface area contributed by atoms with Crippen molar-refractivity contribution >= 4 is 34.2 Å². The number of aryl methyl sites for hydroxylation is 3. The molecule has 7 nitrogen and oxygen atoms in total. The lowest BCUT2D eigenvalue weighted by Crippen LogP contribution is -2.13. The number of hydrogen-bond donors (Lipinski definition) is 2. The van der Waals surface area contributed by atoms with Crippen LogP contribution in [0.2, 0.25) is 0 Å². The van der Waals surface area contributed by atoms with Gasteiger partial charge in [-0.25, -0.2) is 4.98 Å². The molecule has 0 aliphatic carbocycles. The molecule has 0 aliphatic heterocycles. The second-order valence-corrected chi connectivity index (χ2v) is 5.97. The second-order valence-electron chi connectivity index (χ2n) is 5.97. The van der Waals surface area contributed by atoms with Crippen LogP contribution in [0.15, 0.2) is 30.5 Å². The number of nitrogens with zero attached hydrogens (tertiary/aromatic N) is 3. The van der Waals surface area contributed by atoms with Crippen molar-refractivity contribution in [2.45, 2.75) is 20.8 Å². The van der Waals surface area contributed by atoms with Gasteiger partial charge in [-0.2, -0.15) is 5.10 Å². The van der Waals surface area contributed by atoms with Crippen molar-refractivity contribution in [3.05, 3.63) is 47.3 Å². The number of fused-ring (bicyclic) bond motifs is 1. The van der Waals surface area contributed by atoms with Crippen LogP contribution in [0.5, 0.6) is 0 Å². The van der Waals surface area contributed by atoms with E-state index in [1.165, 1.54) is 13.1 Å². The highest BCUT2D eigenvalue weighted by molar-refractivity contribution is 6.06. The molecule has 2 amide bonds. The number of aromatic nitrogens is 3. The van der Waals surface area contributed by atoms with Gasteiger partial charge in [-0.1, -0.05) is 0 Å². The zero-order valence-electron chi connectivity index (χ0n) is 14.5. The molecule has 7 heteroatoms. The quantitative estimate of drug-likeness (QED) is 0.769. The highest BCUT2D eigenvalue weighted by Gasteiger charge is 2.12. The predicted molar refractivity (Wildman–Crippen MR) is 96.7 cm³/mol. The normalized spacial score (nSPS) is 10.7. The van der Waals surface area contributed by atoms with Gasteiger partial charge in [0.25, 0.3) is 5.91 Å². The van der Waals surface area contributed by atoms with E-state index < -0.39 is 0 Å². The lowest BCUT2D eigenvalue weighted by molar-refractivity contribution is -0.114. The maximum absolute atomic E-state index is 12.5. The number of carbonyl (C=O) groups is 2.